The van der Waals surface area contributed by atoms with E-state index in [0.29, 0.717) is 79.2 Å². The molecule has 6 rings (SSSR count). The van der Waals surface area contributed by atoms with Crippen LogP contribution in [-0.2, 0) is 16.1 Å². The van der Waals surface area contributed by atoms with Crippen molar-refractivity contribution in [2.75, 3.05) is 58.3 Å². The molecule has 258 valence electrons. The van der Waals surface area contributed by atoms with Crippen molar-refractivity contribution in [3.63, 3.8) is 0 Å². The normalized spacial score (nSPS) is 15.4. The molecule has 0 radical (unpaired) electrons. The first-order valence-electron chi connectivity index (χ1n) is 16.6. The van der Waals surface area contributed by atoms with E-state index in [1.807, 2.05) is 69.4 Å². The second-order valence-electron chi connectivity index (χ2n) is 13.7. The summed E-state index contributed by atoms with van der Waals surface area (Å²) < 4.78 is 24.2. The molecule has 0 aliphatic carbocycles. The summed E-state index contributed by atoms with van der Waals surface area (Å²) in [6.07, 6.45) is 6.18. The van der Waals surface area contributed by atoms with Crippen molar-refractivity contribution in [1.82, 2.24) is 24.5 Å². The summed E-state index contributed by atoms with van der Waals surface area (Å²) in [6, 6.07) is 13.6. The van der Waals surface area contributed by atoms with E-state index < -0.39 is 5.60 Å². The summed E-state index contributed by atoms with van der Waals surface area (Å²) in [7, 11) is 3.37. The SMILES string of the molecule is CN(C)C(=O)c1cc2c(-c3ccc(N4CCN(C(=O)OC(C)(C)C)CC4)cc3)cc(C3=CCCN(C(=O)CCn4cccn4)C3)c(F)c2s1. The summed E-state index contributed by atoms with van der Waals surface area (Å²) in [5.41, 5.74) is 3.41. The zero-order valence-electron chi connectivity index (χ0n) is 28.7. The molecule has 1 fully saturated rings. The molecule has 10 nitrogen and oxygen atoms in total. The van der Waals surface area contributed by atoms with Crippen LogP contribution in [0.25, 0.3) is 26.8 Å². The van der Waals surface area contributed by atoms with Crippen LogP contribution in [0.5, 0.6) is 0 Å². The molecule has 2 aromatic heterocycles. The maximum Gasteiger partial charge on any atom is 0.410 e. The van der Waals surface area contributed by atoms with E-state index in [1.54, 1.807) is 40.8 Å². The molecule has 0 saturated carbocycles. The van der Waals surface area contributed by atoms with Gasteiger partial charge in [-0.2, -0.15) is 5.10 Å². The van der Waals surface area contributed by atoms with E-state index in [-0.39, 0.29) is 23.7 Å². The van der Waals surface area contributed by atoms with Crippen molar-refractivity contribution >= 4 is 50.6 Å². The highest BCUT2D eigenvalue weighted by molar-refractivity contribution is 7.21. The number of ether oxygens (including phenoxy) is 1. The number of nitrogens with zero attached hydrogens (tertiary/aromatic N) is 6. The standard InChI is InChI=1S/C37H43FN6O4S/c1-37(2,3)48-36(47)42-20-18-41(19-21-42)27-11-9-25(10-12-27)28-22-29(33(38)34-30(28)23-31(49-34)35(46)40(4)5)26-8-6-15-43(24-26)32(45)13-17-44-16-7-14-39-44/h7-12,14,16,22-23H,6,13,15,17-21,24H2,1-5H3. The summed E-state index contributed by atoms with van der Waals surface area (Å²) in [5, 5.41) is 4.87. The Hall–Kier alpha value is -4.71. The minimum atomic E-state index is -0.538. The molecule has 2 aliphatic heterocycles. The highest BCUT2D eigenvalue weighted by Crippen LogP contribution is 2.41. The maximum atomic E-state index is 16.5. The van der Waals surface area contributed by atoms with Gasteiger partial charge in [-0.3, -0.25) is 14.3 Å². The third-order valence-electron chi connectivity index (χ3n) is 8.80. The summed E-state index contributed by atoms with van der Waals surface area (Å²) in [4.78, 5) is 46.4. The van der Waals surface area contributed by atoms with Crippen LogP contribution in [0.1, 0.15) is 48.8 Å². The molecule has 0 atom stereocenters. The van der Waals surface area contributed by atoms with Gasteiger partial charge in [-0.25, -0.2) is 9.18 Å². The van der Waals surface area contributed by atoms with E-state index in [9.17, 15) is 14.4 Å². The number of fused-ring (bicyclic) bond motifs is 1. The quantitative estimate of drug-likeness (QED) is 0.225. The van der Waals surface area contributed by atoms with Crippen LogP contribution in [0, 0.1) is 5.82 Å². The third-order valence-corrected chi connectivity index (χ3v) is 9.92. The first-order chi connectivity index (χ1) is 23.4. The minimum Gasteiger partial charge on any atom is -0.444 e. The Labute approximate surface area is 290 Å². The fraction of sp³-hybridized carbons (Fsp3) is 0.405. The third kappa shape index (κ3) is 7.64. The zero-order chi connectivity index (χ0) is 34.9. The van der Waals surface area contributed by atoms with Crippen LogP contribution in [-0.4, -0.2) is 101 Å². The fourth-order valence-corrected chi connectivity index (χ4v) is 7.38. The number of carbonyl (C=O) groups excluding carboxylic acids is 3. The molecule has 3 amide bonds. The molecule has 0 spiro atoms. The maximum absolute atomic E-state index is 16.5. The second kappa shape index (κ2) is 14.0. The molecule has 0 bridgehead atoms. The van der Waals surface area contributed by atoms with Gasteiger partial charge in [0.15, 0.2) is 0 Å². The molecule has 0 unspecified atom stereocenters. The number of aromatic nitrogens is 2. The number of hydrogen-bond donors (Lipinski definition) is 0. The van der Waals surface area contributed by atoms with Crippen molar-refractivity contribution < 1.29 is 23.5 Å². The lowest BCUT2D eigenvalue weighted by Gasteiger charge is -2.36. The number of piperazine rings is 1. The summed E-state index contributed by atoms with van der Waals surface area (Å²) in [6.45, 7) is 9.45. The Balaban J connectivity index is 1.27. The van der Waals surface area contributed by atoms with Gasteiger partial charge in [0.05, 0.1) is 9.58 Å². The topological polar surface area (TPSA) is 91.2 Å². The first kappa shape index (κ1) is 34.2. The number of benzene rings is 2. The molecule has 4 aromatic rings. The van der Waals surface area contributed by atoms with Gasteiger partial charge in [-0.15, -0.1) is 11.3 Å². The van der Waals surface area contributed by atoms with Crippen LogP contribution in [0.3, 0.4) is 0 Å². The Morgan fingerprint density at radius 2 is 1.71 bits per heavy atom. The Kier molecular flexibility index (Phi) is 9.78. The van der Waals surface area contributed by atoms with E-state index >= 15 is 4.39 Å². The molecule has 49 heavy (non-hydrogen) atoms. The number of thiophene rings is 1. The lowest BCUT2D eigenvalue weighted by atomic mass is 9.93. The molecular formula is C37H43FN6O4S. The van der Waals surface area contributed by atoms with Crippen molar-refractivity contribution in [3.05, 3.63) is 77.2 Å². The summed E-state index contributed by atoms with van der Waals surface area (Å²) in [5.74, 6) is -0.557. The van der Waals surface area contributed by atoms with Crippen molar-refractivity contribution in [2.45, 2.75) is 45.8 Å². The second-order valence-corrected chi connectivity index (χ2v) is 14.7. The predicted octanol–water partition coefficient (Wildman–Crippen LogP) is 6.37. The number of carbonyl (C=O) groups is 3. The smallest absolute Gasteiger partial charge is 0.410 e. The van der Waals surface area contributed by atoms with E-state index in [4.69, 9.17) is 4.74 Å². The van der Waals surface area contributed by atoms with Crippen molar-refractivity contribution in [2.24, 2.45) is 0 Å². The van der Waals surface area contributed by atoms with Gasteiger partial charge in [-0.05, 0) is 74.2 Å². The van der Waals surface area contributed by atoms with Crippen molar-refractivity contribution in [3.8, 4) is 11.1 Å². The Morgan fingerprint density at radius 1 is 0.980 bits per heavy atom. The van der Waals surface area contributed by atoms with Gasteiger partial charge in [0.2, 0.25) is 5.91 Å². The van der Waals surface area contributed by atoms with Gasteiger partial charge in [0.1, 0.15) is 11.4 Å². The lowest BCUT2D eigenvalue weighted by molar-refractivity contribution is -0.131. The van der Waals surface area contributed by atoms with Crippen LogP contribution >= 0.6 is 11.3 Å². The average molecular weight is 687 g/mol. The number of anilines is 1. The summed E-state index contributed by atoms with van der Waals surface area (Å²) >= 11 is 1.16. The van der Waals surface area contributed by atoms with Crippen molar-refractivity contribution in [1.29, 1.82) is 0 Å². The highest BCUT2D eigenvalue weighted by Gasteiger charge is 2.27. The van der Waals surface area contributed by atoms with Gasteiger partial charge >= 0.3 is 6.09 Å². The molecule has 2 aliphatic rings. The predicted molar refractivity (Wildman–Crippen MR) is 191 cm³/mol. The fourth-order valence-electron chi connectivity index (χ4n) is 6.24. The van der Waals surface area contributed by atoms with Gasteiger partial charge in [0.25, 0.3) is 5.91 Å². The van der Waals surface area contributed by atoms with Crippen LogP contribution in [0.4, 0.5) is 14.9 Å². The molecule has 0 N–H and O–H groups in total. The van der Waals surface area contributed by atoms with E-state index in [0.717, 1.165) is 33.7 Å². The Morgan fingerprint density at radius 3 is 2.37 bits per heavy atom. The minimum absolute atomic E-state index is 0.000293. The van der Waals surface area contributed by atoms with Gasteiger partial charge in [-0.1, -0.05) is 18.2 Å². The molecule has 12 heteroatoms. The largest absolute Gasteiger partial charge is 0.444 e. The Bertz CT molecular complexity index is 1870. The molecule has 1 saturated heterocycles. The molecule has 4 heterocycles. The monoisotopic (exact) mass is 686 g/mol. The van der Waals surface area contributed by atoms with Crippen LogP contribution in [0.2, 0.25) is 0 Å². The number of halogens is 1. The van der Waals surface area contributed by atoms with Gasteiger partial charge < -0.3 is 24.3 Å². The van der Waals surface area contributed by atoms with E-state index in [1.165, 1.54) is 4.90 Å². The van der Waals surface area contributed by atoms with E-state index in [2.05, 4.69) is 10.00 Å². The van der Waals surface area contributed by atoms with Crippen LogP contribution in [0.15, 0.2) is 60.9 Å². The average Bonchev–Trinajstić information content (AvgIpc) is 3.78. The molecular weight excluding hydrogens is 644 g/mol. The number of rotatable bonds is 7. The number of aryl methyl sites for hydroxylation is 1. The lowest BCUT2D eigenvalue weighted by Crippen LogP contribution is -2.50. The first-order valence-corrected chi connectivity index (χ1v) is 17.4. The number of hydrogen-bond acceptors (Lipinski definition) is 7. The highest BCUT2D eigenvalue weighted by atomic mass is 32.1. The molecule has 2 aromatic carbocycles. The van der Waals surface area contributed by atoms with Gasteiger partial charge in [0, 0.05) is 95.4 Å². The zero-order valence-corrected chi connectivity index (χ0v) is 29.6. The van der Waals surface area contributed by atoms with Crippen LogP contribution < -0.4 is 4.90 Å². The number of amides is 3.